The molecule has 3 nitrogen and oxygen atoms in total. The van der Waals surface area contributed by atoms with Gasteiger partial charge in [-0.3, -0.25) is 4.79 Å². The number of amides is 1. The Hall–Kier alpha value is -0.570. The van der Waals surface area contributed by atoms with Gasteiger partial charge in [-0.15, -0.1) is 0 Å². The Bertz CT molecular complexity index is 208. The number of rotatable bonds is 6. The molecular weight excluding hydrogens is 188 g/mol. The summed E-state index contributed by atoms with van der Waals surface area (Å²) in [5.74, 6) is 1.31. The van der Waals surface area contributed by atoms with Crippen LogP contribution in [0.15, 0.2) is 0 Å². The van der Waals surface area contributed by atoms with Gasteiger partial charge in [0.05, 0.1) is 6.54 Å². The lowest BCUT2D eigenvalue weighted by Crippen LogP contribution is -2.36. The zero-order valence-corrected chi connectivity index (χ0v) is 9.50. The number of nitrogens with one attached hydrogen (secondary N) is 1. The van der Waals surface area contributed by atoms with E-state index in [1.54, 1.807) is 0 Å². The molecule has 1 saturated carbocycles. The minimum atomic E-state index is 0.291. The third kappa shape index (κ3) is 3.82. The summed E-state index contributed by atoms with van der Waals surface area (Å²) in [4.78, 5) is 13.6. The van der Waals surface area contributed by atoms with E-state index in [4.69, 9.17) is 0 Å². The van der Waals surface area contributed by atoms with Crippen molar-refractivity contribution in [3.05, 3.63) is 0 Å². The van der Waals surface area contributed by atoms with Crippen LogP contribution in [0.3, 0.4) is 0 Å². The van der Waals surface area contributed by atoms with Crippen LogP contribution in [0.5, 0.6) is 0 Å². The maximum absolute atomic E-state index is 11.6. The van der Waals surface area contributed by atoms with E-state index in [0.29, 0.717) is 12.5 Å². The van der Waals surface area contributed by atoms with E-state index in [9.17, 15) is 4.79 Å². The van der Waals surface area contributed by atoms with Gasteiger partial charge < -0.3 is 10.2 Å². The van der Waals surface area contributed by atoms with Gasteiger partial charge in [-0.1, -0.05) is 12.8 Å². The first-order chi connectivity index (χ1) is 7.36. The number of likely N-dealkylation sites (tertiary alicyclic amines) is 1. The molecule has 1 N–H and O–H groups in total. The molecule has 0 radical (unpaired) electrons. The fraction of sp³-hybridized carbons (Fsp3) is 0.917. The van der Waals surface area contributed by atoms with Gasteiger partial charge in [0.1, 0.15) is 0 Å². The van der Waals surface area contributed by atoms with Gasteiger partial charge in [-0.2, -0.15) is 0 Å². The van der Waals surface area contributed by atoms with Crippen molar-refractivity contribution in [3.8, 4) is 0 Å². The molecule has 15 heavy (non-hydrogen) atoms. The first kappa shape index (κ1) is 10.9. The molecule has 2 rings (SSSR count). The van der Waals surface area contributed by atoms with Crippen LogP contribution in [0, 0.1) is 5.92 Å². The number of hydrogen-bond acceptors (Lipinski definition) is 2. The molecule has 2 fully saturated rings. The van der Waals surface area contributed by atoms with Crippen molar-refractivity contribution in [2.75, 3.05) is 26.2 Å². The van der Waals surface area contributed by atoms with Crippen LogP contribution >= 0.6 is 0 Å². The largest absolute Gasteiger partial charge is 0.342 e. The van der Waals surface area contributed by atoms with Crippen molar-refractivity contribution in [1.29, 1.82) is 0 Å². The lowest BCUT2D eigenvalue weighted by atomic mass is 10.2. The Kier molecular flexibility index (Phi) is 4.01. The Morgan fingerprint density at radius 3 is 2.67 bits per heavy atom. The summed E-state index contributed by atoms with van der Waals surface area (Å²) < 4.78 is 0. The van der Waals surface area contributed by atoms with Crippen molar-refractivity contribution < 1.29 is 4.79 Å². The molecule has 0 bridgehead atoms. The van der Waals surface area contributed by atoms with Crippen molar-refractivity contribution in [2.24, 2.45) is 5.92 Å². The fourth-order valence-corrected chi connectivity index (χ4v) is 2.20. The van der Waals surface area contributed by atoms with E-state index >= 15 is 0 Å². The van der Waals surface area contributed by atoms with Crippen LogP contribution in [-0.4, -0.2) is 37.0 Å². The van der Waals surface area contributed by atoms with E-state index in [-0.39, 0.29) is 0 Å². The molecule has 3 heteroatoms. The van der Waals surface area contributed by atoms with Crippen molar-refractivity contribution in [3.63, 3.8) is 0 Å². The second-order valence-electron chi connectivity index (χ2n) is 4.85. The van der Waals surface area contributed by atoms with Gasteiger partial charge in [-0.05, 0) is 38.1 Å². The van der Waals surface area contributed by atoms with Gasteiger partial charge in [-0.25, -0.2) is 0 Å². The molecule has 0 aromatic heterocycles. The standard InChI is InChI=1S/C12H22N2O/c15-12(14-8-1-2-9-14)10-13-7-3-4-11-5-6-11/h11,13H,1-10H2. The smallest absolute Gasteiger partial charge is 0.236 e. The van der Waals surface area contributed by atoms with E-state index in [0.717, 1.165) is 25.6 Å². The van der Waals surface area contributed by atoms with Gasteiger partial charge in [0.2, 0.25) is 5.91 Å². The van der Waals surface area contributed by atoms with E-state index in [2.05, 4.69) is 5.32 Å². The van der Waals surface area contributed by atoms with Gasteiger partial charge in [0.25, 0.3) is 0 Å². The van der Waals surface area contributed by atoms with Crippen LogP contribution in [0.2, 0.25) is 0 Å². The lowest BCUT2D eigenvalue weighted by molar-refractivity contribution is -0.129. The minimum Gasteiger partial charge on any atom is -0.342 e. The summed E-state index contributed by atoms with van der Waals surface area (Å²) in [6.07, 6.45) is 7.84. The highest BCUT2D eigenvalue weighted by Crippen LogP contribution is 2.33. The predicted octanol–water partition coefficient (Wildman–Crippen LogP) is 1.39. The molecule has 1 heterocycles. The Morgan fingerprint density at radius 2 is 2.00 bits per heavy atom. The summed E-state index contributed by atoms with van der Waals surface area (Å²) in [5.41, 5.74) is 0. The molecule has 0 atom stereocenters. The van der Waals surface area contributed by atoms with Gasteiger partial charge in [0.15, 0.2) is 0 Å². The van der Waals surface area contributed by atoms with Crippen molar-refractivity contribution >= 4 is 5.91 Å². The SMILES string of the molecule is O=C(CNCCCC1CC1)N1CCCC1. The monoisotopic (exact) mass is 210 g/mol. The van der Waals surface area contributed by atoms with Crippen molar-refractivity contribution in [1.82, 2.24) is 10.2 Å². The molecule has 0 spiro atoms. The van der Waals surface area contributed by atoms with Crippen LogP contribution in [-0.2, 0) is 4.79 Å². The average molecular weight is 210 g/mol. The molecular formula is C12H22N2O. The topological polar surface area (TPSA) is 32.3 Å². The molecule has 2 aliphatic rings. The first-order valence-corrected chi connectivity index (χ1v) is 6.35. The Morgan fingerprint density at radius 1 is 1.27 bits per heavy atom. The second-order valence-corrected chi connectivity index (χ2v) is 4.85. The molecule has 1 aliphatic heterocycles. The van der Waals surface area contributed by atoms with E-state index in [1.165, 1.54) is 38.5 Å². The second kappa shape index (κ2) is 5.50. The van der Waals surface area contributed by atoms with Crippen molar-refractivity contribution in [2.45, 2.75) is 38.5 Å². The van der Waals surface area contributed by atoms with Crippen LogP contribution in [0.1, 0.15) is 38.5 Å². The summed E-state index contributed by atoms with van der Waals surface area (Å²) in [5, 5.41) is 3.25. The molecule has 1 aliphatic carbocycles. The fourth-order valence-electron chi connectivity index (χ4n) is 2.20. The maximum atomic E-state index is 11.6. The quantitative estimate of drug-likeness (QED) is 0.672. The third-order valence-corrected chi connectivity index (χ3v) is 3.40. The molecule has 0 aromatic rings. The Labute approximate surface area is 92.2 Å². The zero-order chi connectivity index (χ0) is 10.5. The normalized spacial score (nSPS) is 20.9. The molecule has 0 aromatic carbocycles. The zero-order valence-electron chi connectivity index (χ0n) is 9.50. The average Bonchev–Trinajstić information content (AvgIpc) is 2.90. The number of carbonyl (C=O) groups excluding carboxylic acids is 1. The summed E-state index contributed by atoms with van der Waals surface area (Å²) in [6.45, 7) is 3.51. The molecule has 1 saturated heterocycles. The third-order valence-electron chi connectivity index (χ3n) is 3.40. The van der Waals surface area contributed by atoms with E-state index < -0.39 is 0 Å². The first-order valence-electron chi connectivity index (χ1n) is 6.35. The highest BCUT2D eigenvalue weighted by molar-refractivity contribution is 5.78. The van der Waals surface area contributed by atoms with Gasteiger partial charge >= 0.3 is 0 Å². The summed E-state index contributed by atoms with van der Waals surface area (Å²) >= 11 is 0. The number of hydrogen-bond donors (Lipinski definition) is 1. The maximum Gasteiger partial charge on any atom is 0.236 e. The van der Waals surface area contributed by atoms with E-state index in [1.807, 2.05) is 4.90 Å². The Balaban J connectivity index is 1.46. The molecule has 1 amide bonds. The minimum absolute atomic E-state index is 0.291. The lowest BCUT2D eigenvalue weighted by Gasteiger charge is -2.15. The molecule has 0 unspecified atom stereocenters. The highest BCUT2D eigenvalue weighted by atomic mass is 16.2. The number of nitrogens with zero attached hydrogens (tertiary/aromatic N) is 1. The van der Waals surface area contributed by atoms with Crippen LogP contribution in [0.4, 0.5) is 0 Å². The highest BCUT2D eigenvalue weighted by Gasteiger charge is 2.20. The summed E-state index contributed by atoms with van der Waals surface area (Å²) in [6, 6.07) is 0. The van der Waals surface area contributed by atoms with Gasteiger partial charge in [0, 0.05) is 13.1 Å². The summed E-state index contributed by atoms with van der Waals surface area (Å²) in [7, 11) is 0. The van der Waals surface area contributed by atoms with Crippen LogP contribution in [0.25, 0.3) is 0 Å². The molecule has 86 valence electrons. The van der Waals surface area contributed by atoms with Crippen LogP contribution < -0.4 is 5.32 Å². The predicted molar refractivity (Wildman–Crippen MR) is 60.6 cm³/mol. The number of carbonyl (C=O) groups is 1.